The molecule has 1 aromatic carbocycles. The molecule has 2 aromatic rings. The Bertz CT molecular complexity index is 1000. The van der Waals surface area contributed by atoms with E-state index in [0.29, 0.717) is 30.7 Å². The lowest BCUT2D eigenvalue weighted by molar-refractivity contribution is -0.126. The number of nitrogens with one attached hydrogen (secondary N) is 1. The molecular formula is C25H34ClN5O4. The number of rotatable bonds is 8. The predicted molar refractivity (Wildman–Crippen MR) is 131 cm³/mol. The van der Waals surface area contributed by atoms with E-state index in [1.165, 1.54) is 0 Å². The summed E-state index contributed by atoms with van der Waals surface area (Å²) in [6.07, 6.45) is 3.72. The van der Waals surface area contributed by atoms with Gasteiger partial charge in [-0.05, 0) is 56.3 Å². The SMILES string of the molecule is O=C(NCCO)C1CCN(Cc2nc(C3CN(CC4CCOCC4)c4c(Cl)cccc43)no2)CC1. The van der Waals surface area contributed by atoms with Crippen molar-refractivity contribution >= 4 is 23.2 Å². The van der Waals surface area contributed by atoms with Gasteiger partial charge in [0.15, 0.2) is 5.82 Å². The van der Waals surface area contributed by atoms with Crippen LogP contribution in [0, 0.1) is 11.8 Å². The second-order valence-corrected chi connectivity index (χ2v) is 10.2. The Kier molecular flexibility index (Phi) is 7.87. The number of piperidine rings is 1. The average molecular weight is 504 g/mol. The van der Waals surface area contributed by atoms with Crippen molar-refractivity contribution < 1.29 is 19.2 Å². The van der Waals surface area contributed by atoms with Crippen LogP contribution in [0.2, 0.25) is 5.02 Å². The zero-order chi connectivity index (χ0) is 24.2. The average Bonchev–Trinajstić information content (AvgIpc) is 3.49. The Hall–Kier alpha value is -2.20. The maximum Gasteiger partial charge on any atom is 0.240 e. The fourth-order valence-corrected chi connectivity index (χ4v) is 5.83. The Balaban J connectivity index is 1.22. The molecule has 9 nitrogen and oxygen atoms in total. The van der Waals surface area contributed by atoms with Gasteiger partial charge in [0.25, 0.3) is 0 Å². The first kappa shape index (κ1) is 24.5. The number of likely N-dealkylation sites (tertiary alicyclic amines) is 1. The Morgan fingerprint density at radius 3 is 2.77 bits per heavy atom. The summed E-state index contributed by atoms with van der Waals surface area (Å²) in [4.78, 5) is 21.6. The molecule has 1 aromatic heterocycles. The third kappa shape index (κ3) is 5.63. The summed E-state index contributed by atoms with van der Waals surface area (Å²) < 4.78 is 11.2. The topological polar surface area (TPSA) is 104 Å². The normalized spacial score (nSPS) is 21.9. The van der Waals surface area contributed by atoms with Crippen LogP contribution in [-0.4, -0.2) is 78.6 Å². The summed E-state index contributed by atoms with van der Waals surface area (Å²) in [5.41, 5.74) is 2.25. The second-order valence-electron chi connectivity index (χ2n) is 9.80. The fraction of sp³-hybridized carbons (Fsp3) is 0.640. The number of carbonyl (C=O) groups excluding carboxylic acids is 1. The monoisotopic (exact) mass is 503 g/mol. The third-order valence-electron chi connectivity index (χ3n) is 7.46. The number of hydrogen-bond donors (Lipinski definition) is 2. The molecule has 190 valence electrons. The minimum absolute atomic E-state index is 0.00232. The Labute approximate surface area is 210 Å². The highest BCUT2D eigenvalue weighted by Gasteiger charge is 2.36. The molecule has 1 unspecified atom stereocenters. The van der Waals surface area contributed by atoms with Crippen molar-refractivity contribution in [2.45, 2.75) is 38.1 Å². The van der Waals surface area contributed by atoms with Crippen LogP contribution in [0.5, 0.6) is 0 Å². The number of ether oxygens (including phenoxy) is 1. The van der Waals surface area contributed by atoms with Crippen molar-refractivity contribution in [2.75, 3.05) is 57.4 Å². The van der Waals surface area contributed by atoms with Crippen molar-refractivity contribution in [2.24, 2.45) is 11.8 Å². The van der Waals surface area contributed by atoms with Crippen molar-refractivity contribution in [1.82, 2.24) is 20.4 Å². The molecule has 3 aliphatic heterocycles. The van der Waals surface area contributed by atoms with Gasteiger partial charge >= 0.3 is 0 Å². The first-order valence-corrected chi connectivity index (χ1v) is 13.0. The number of hydrogen-bond acceptors (Lipinski definition) is 8. The van der Waals surface area contributed by atoms with E-state index < -0.39 is 0 Å². The minimum Gasteiger partial charge on any atom is -0.395 e. The van der Waals surface area contributed by atoms with Crippen LogP contribution in [0.1, 0.15) is 48.9 Å². The van der Waals surface area contributed by atoms with Crippen LogP contribution < -0.4 is 10.2 Å². The molecule has 0 spiro atoms. The van der Waals surface area contributed by atoms with Gasteiger partial charge in [-0.15, -0.1) is 0 Å². The van der Waals surface area contributed by atoms with Gasteiger partial charge in [-0.2, -0.15) is 4.98 Å². The van der Waals surface area contributed by atoms with Gasteiger partial charge in [0.05, 0.1) is 29.8 Å². The van der Waals surface area contributed by atoms with Gasteiger partial charge in [0.2, 0.25) is 11.8 Å². The summed E-state index contributed by atoms with van der Waals surface area (Å²) in [5.74, 6) is 1.97. The van der Waals surface area contributed by atoms with Gasteiger partial charge in [0.1, 0.15) is 0 Å². The van der Waals surface area contributed by atoms with E-state index in [1.807, 2.05) is 12.1 Å². The molecular weight excluding hydrogens is 470 g/mol. The van der Waals surface area contributed by atoms with Gasteiger partial charge < -0.3 is 24.6 Å². The molecule has 3 aliphatic rings. The van der Waals surface area contributed by atoms with Crippen molar-refractivity contribution in [3.8, 4) is 0 Å². The molecule has 2 N–H and O–H groups in total. The predicted octanol–water partition coefficient (Wildman–Crippen LogP) is 2.42. The summed E-state index contributed by atoms with van der Waals surface area (Å²) >= 11 is 6.65. The highest BCUT2D eigenvalue weighted by Crippen LogP contribution is 2.44. The summed E-state index contributed by atoms with van der Waals surface area (Å²) in [6.45, 7) is 5.88. The quantitative estimate of drug-likeness (QED) is 0.566. The number of para-hydroxylation sites is 1. The highest BCUT2D eigenvalue weighted by atomic mass is 35.5. The number of benzene rings is 1. The first-order chi connectivity index (χ1) is 17.1. The fourth-order valence-electron chi connectivity index (χ4n) is 5.53. The van der Waals surface area contributed by atoms with Crippen LogP contribution in [0.4, 0.5) is 5.69 Å². The number of aliphatic hydroxyl groups is 1. The van der Waals surface area contributed by atoms with Gasteiger partial charge in [-0.25, -0.2) is 0 Å². The van der Waals surface area contributed by atoms with Crippen LogP contribution in [0.25, 0.3) is 0 Å². The molecule has 0 aliphatic carbocycles. The minimum atomic E-state index is -0.0327. The van der Waals surface area contributed by atoms with E-state index in [-0.39, 0.29) is 24.3 Å². The zero-order valence-electron chi connectivity index (χ0n) is 20.0. The molecule has 10 heteroatoms. The second kappa shape index (κ2) is 11.2. The van der Waals surface area contributed by atoms with Crippen LogP contribution in [-0.2, 0) is 16.1 Å². The number of nitrogens with zero attached hydrogens (tertiary/aromatic N) is 4. The van der Waals surface area contributed by atoms with E-state index >= 15 is 0 Å². The van der Waals surface area contributed by atoms with Crippen LogP contribution >= 0.6 is 11.6 Å². The molecule has 4 heterocycles. The number of carbonyl (C=O) groups is 1. The van der Waals surface area contributed by atoms with Crippen molar-refractivity contribution in [3.05, 3.63) is 40.5 Å². The molecule has 35 heavy (non-hydrogen) atoms. The van der Waals surface area contributed by atoms with Gasteiger partial charge in [-0.3, -0.25) is 9.69 Å². The summed E-state index contributed by atoms with van der Waals surface area (Å²) in [6, 6.07) is 6.07. The third-order valence-corrected chi connectivity index (χ3v) is 7.76. The molecule has 0 saturated carbocycles. The van der Waals surface area contributed by atoms with Crippen LogP contribution in [0.3, 0.4) is 0 Å². The number of aromatic nitrogens is 2. The van der Waals surface area contributed by atoms with Crippen LogP contribution in [0.15, 0.2) is 22.7 Å². The van der Waals surface area contributed by atoms with Crippen molar-refractivity contribution in [1.29, 1.82) is 0 Å². The molecule has 2 saturated heterocycles. The Morgan fingerprint density at radius 2 is 2.00 bits per heavy atom. The maximum atomic E-state index is 12.1. The number of amides is 1. The standard InChI is InChI=1S/C25H34ClN5O4/c26-21-3-1-2-19-20(15-31(23(19)21)14-17-6-12-34-13-7-17)24-28-22(35-29-24)16-30-9-4-18(5-10-30)25(33)27-8-11-32/h1-3,17-18,20,32H,4-16H2,(H,27,33). The lowest BCUT2D eigenvalue weighted by Gasteiger charge is -2.30. The Morgan fingerprint density at radius 1 is 1.20 bits per heavy atom. The summed E-state index contributed by atoms with van der Waals surface area (Å²) in [5, 5.41) is 16.8. The highest BCUT2D eigenvalue weighted by molar-refractivity contribution is 6.33. The maximum absolute atomic E-state index is 12.1. The molecule has 0 bridgehead atoms. The number of anilines is 1. The molecule has 2 fully saturated rings. The van der Waals surface area contributed by atoms with Gasteiger partial charge in [-0.1, -0.05) is 28.9 Å². The smallest absolute Gasteiger partial charge is 0.240 e. The van der Waals surface area contributed by atoms with E-state index in [9.17, 15) is 4.79 Å². The lowest BCUT2D eigenvalue weighted by Crippen LogP contribution is -2.40. The van der Waals surface area contributed by atoms with E-state index in [1.54, 1.807) is 0 Å². The number of aliphatic hydroxyl groups excluding tert-OH is 1. The largest absolute Gasteiger partial charge is 0.395 e. The molecule has 1 atom stereocenters. The molecule has 0 radical (unpaired) electrons. The van der Waals surface area contributed by atoms with Gasteiger partial charge in [0, 0.05) is 38.8 Å². The number of fused-ring (bicyclic) bond motifs is 1. The van der Waals surface area contributed by atoms with E-state index in [4.69, 9.17) is 31.0 Å². The van der Waals surface area contributed by atoms with E-state index in [2.05, 4.69) is 26.3 Å². The van der Waals surface area contributed by atoms with Crippen molar-refractivity contribution in [3.63, 3.8) is 0 Å². The summed E-state index contributed by atoms with van der Waals surface area (Å²) in [7, 11) is 0. The number of halogens is 1. The molecule has 5 rings (SSSR count). The zero-order valence-corrected chi connectivity index (χ0v) is 20.8. The lowest BCUT2D eigenvalue weighted by atomic mass is 9.96. The first-order valence-electron chi connectivity index (χ1n) is 12.7. The molecule has 1 amide bonds. The van der Waals surface area contributed by atoms with E-state index in [0.717, 1.165) is 81.3 Å².